The molecule has 530 valence electrons. The molecular formula is C70H30F30N2. The molecule has 0 fully saturated rings. The van der Waals surface area contributed by atoms with Crippen molar-refractivity contribution in [2.75, 3.05) is 0 Å². The van der Waals surface area contributed by atoms with Crippen molar-refractivity contribution in [1.82, 2.24) is 9.13 Å². The number of rotatable bonds is 7. The molecule has 32 heteroatoms. The van der Waals surface area contributed by atoms with Crippen LogP contribution in [0, 0.1) is 0 Å². The fourth-order valence-electron chi connectivity index (χ4n) is 12.0. The topological polar surface area (TPSA) is 9.86 Å². The molecule has 0 saturated carbocycles. The van der Waals surface area contributed by atoms with Gasteiger partial charge in [0.2, 0.25) is 0 Å². The lowest BCUT2D eigenvalue weighted by atomic mass is 9.95. The van der Waals surface area contributed by atoms with Crippen LogP contribution in [0.3, 0.4) is 0 Å². The fraction of sp³-hybridized carbons (Fsp3) is 0.143. The van der Waals surface area contributed by atoms with Crippen molar-refractivity contribution in [3.63, 3.8) is 0 Å². The van der Waals surface area contributed by atoms with Crippen molar-refractivity contribution in [2.45, 2.75) is 61.8 Å². The second-order valence-electron chi connectivity index (χ2n) is 23.2. The average molecular weight is 1470 g/mol. The minimum atomic E-state index is -5.67. The van der Waals surface area contributed by atoms with E-state index in [2.05, 4.69) is 0 Å². The summed E-state index contributed by atoms with van der Waals surface area (Å²) < 4.78 is 440. The third-order valence-corrected chi connectivity index (χ3v) is 16.6. The Labute approximate surface area is 549 Å². The van der Waals surface area contributed by atoms with E-state index in [9.17, 15) is 105 Å². The normalized spacial score (nSPS) is 13.6. The number of alkyl halides is 30. The number of halogens is 30. The Morgan fingerprint density at radius 2 is 0.363 bits per heavy atom. The lowest BCUT2D eigenvalue weighted by Crippen LogP contribution is -2.12. The molecule has 0 atom stereocenters. The molecule has 12 rings (SSSR count). The van der Waals surface area contributed by atoms with Crippen LogP contribution in [0.25, 0.3) is 111 Å². The summed E-state index contributed by atoms with van der Waals surface area (Å²) in [6.07, 6.45) is -55.2. The van der Waals surface area contributed by atoms with Gasteiger partial charge in [-0.25, -0.2) is 0 Å². The first-order chi connectivity index (χ1) is 46.8. The number of aromatic nitrogens is 2. The van der Waals surface area contributed by atoms with Crippen LogP contribution in [0.4, 0.5) is 132 Å². The summed E-state index contributed by atoms with van der Waals surface area (Å²) in [5.74, 6) is 0. The Bertz CT molecular complexity index is 4670. The molecule has 0 aliphatic heterocycles. The van der Waals surface area contributed by atoms with Crippen molar-refractivity contribution in [2.24, 2.45) is 0 Å². The SMILES string of the molecule is FC(F)(F)c1cccc(-c2c(-n3c4ccc(-c5cc(C(F)(F)F)cc(C(F)(F)F)c5)cc4c4cc(-c5cc(C(F)(F)F)cc(C(F)(F)F)c5)ccc43)cc(C(F)(F)F)cc2-n2c3ccc(-c4cc(C(F)(F)F)cc(C(F)(F)F)c4)cc3c3cc(-c4cc(C(F)(F)F)cc(C(F)(F)F)c4)ccc32)c1. The Balaban J connectivity index is 1.25. The van der Waals surface area contributed by atoms with Gasteiger partial charge in [0.25, 0.3) is 0 Å². The zero-order valence-corrected chi connectivity index (χ0v) is 49.6. The van der Waals surface area contributed by atoms with E-state index in [1.165, 1.54) is 0 Å². The predicted octanol–water partition coefficient (Wildman–Crippen LogP) is 26.4. The van der Waals surface area contributed by atoms with Crippen LogP contribution in [0.15, 0.2) is 182 Å². The summed E-state index contributed by atoms with van der Waals surface area (Å²) in [7, 11) is 0. The van der Waals surface area contributed by atoms with Crippen molar-refractivity contribution in [1.29, 1.82) is 0 Å². The first-order valence-electron chi connectivity index (χ1n) is 28.6. The lowest BCUT2D eigenvalue weighted by molar-refractivity contribution is -0.144. The predicted molar refractivity (Wildman–Crippen MR) is 312 cm³/mol. The highest BCUT2D eigenvalue weighted by atomic mass is 19.4. The van der Waals surface area contributed by atoms with Gasteiger partial charge in [-0.1, -0.05) is 36.4 Å². The van der Waals surface area contributed by atoms with Gasteiger partial charge >= 0.3 is 61.8 Å². The van der Waals surface area contributed by atoms with E-state index in [0.717, 1.165) is 94.1 Å². The molecule has 0 N–H and O–H groups in total. The van der Waals surface area contributed by atoms with Gasteiger partial charge in [-0.3, -0.25) is 0 Å². The summed E-state index contributed by atoms with van der Waals surface area (Å²) in [5, 5.41) is -2.07. The Morgan fingerprint density at radius 1 is 0.167 bits per heavy atom. The Kier molecular flexibility index (Phi) is 16.6. The molecule has 2 nitrogen and oxygen atoms in total. The number of fused-ring (bicyclic) bond motifs is 6. The molecule has 2 aromatic heterocycles. The Morgan fingerprint density at radius 3 is 0.569 bits per heavy atom. The highest BCUT2D eigenvalue weighted by Gasteiger charge is 2.43. The van der Waals surface area contributed by atoms with Crippen LogP contribution in [-0.2, 0) is 61.8 Å². The van der Waals surface area contributed by atoms with Crippen LogP contribution >= 0.6 is 0 Å². The van der Waals surface area contributed by atoms with E-state index in [1.807, 2.05) is 0 Å². The number of benzene rings is 10. The molecule has 2 heterocycles. The van der Waals surface area contributed by atoms with E-state index in [-0.39, 0.29) is 84.9 Å². The van der Waals surface area contributed by atoms with Crippen LogP contribution in [0.2, 0.25) is 0 Å². The standard InChI is InChI=1S/C70H30F30N2/c71-61(72,73)40-3-1-2-35(12-40)60-58(101-54-8-4-31(36-13-41(62(74,75)76)25-42(14-36)63(77,78)79)21-50(54)51-22-32(5-9-55(51)101)37-15-43(64(80,81)82)26-44(16-37)65(83,84)85)29-49(70(98,99)100)30-59(60)102-56-10-6-33(38-17-45(66(86,87)88)27-46(18-38)67(89,90)91)23-52(56)53-24-34(7-11-57(53)102)39-19-47(68(92,93)94)28-48(20-39)69(95,96)97/h1-30H. The molecule has 0 aliphatic carbocycles. The van der Waals surface area contributed by atoms with Gasteiger partial charge in [-0.05, 0) is 196 Å². The zero-order chi connectivity index (χ0) is 74.7. The molecule has 102 heavy (non-hydrogen) atoms. The molecule has 12 aromatic rings. The van der Waals surface area contributed by atoms with E-state index >= 15 is 26.3 Å². The van der Waals surface area contributed by atoms with Gasteiger partial charge in [0.1, 0.15) is 0 Å². The minimum Gasteiger partial charge on any atom is -0.309 e. The van der Waals surface area contributed by atoms with Crippen molar-refractivity contribution < 1.29 is 132 Å². The van der Waals surface area contributed by atoms with E-state index in [4.69, 9.17) is 0 Å². The fourth-order valence-corrected chi connectivity index (χ4v) is 12.0. The third-order valence-electron chi connectivity index (χ3n) is 16.6. The van der Waals surface area contributed by atoms with E-state index in [0.29, 0.717) is 12.1 Å². The second kappa shape index (κ2) is 23.6. The van der Waals surface area contributed by atoms with Crippen LogP contribution in [0.1, 0.15) is 55.6 Å². The quantitative estimate of drug-likeness (QED) is 0.141. The van der Waals surface area contributed by atoms with Crippen LogP contribution in [0.5, 0.6) is 0 Å². The minimum absolute atomic E-state index is 0.226. The first-order valence-corrected chi connectivity index (χ1v) is 28.6. The van der Waals surface area contributed by atoms with E-state index < -0.39 is 228 Å². The smallest absolute Gasteiger partial charge is 0.309 e. The van der Waals surface area contributed by atoms with Gasteiger partial charge in [-0.2, -0.15) is 132 Å². The highest BCUT2D eigenvalue weighted by Crippen LogP contribution is 2.51. The summed E-state index contributed by atoms with van der Waals surface area (Å²) in [6.45, 7) is 0. The second-order valence-corrected chi connectivity index (χ2v) is 23.2. The third kappa shape index (κ3) is 13.6. The van der Waals surface area contributed by atoms with Crippen LogP contribution < -0.4 is 0 Å². The lowest BCUT2D eigenvalue weighted by Gasteiger charge is -2.23. The molecular weight excluding hydrogens is 1440 g/mol. The summed E-state index contributed by atoms with van der Waals surface area (Å²) in [5.41, 5.74) is -30.2. The maximum atomic E-state index is 16.1. The summed E-state index contributed by atoms with van der Waals surface area (Å²) >= 11 is 0. The maximum Gasteiger partial charge on any atom is 0.416 e. The van der Waals surface area contributed by atoms with Crippen LogP contribution in [-0.4, -0.2) is 9.13 Å². The number of nitrogens with zero attached hydrogens (tertiary/aromatic N) is 2. The van der Waals surface area contributed by atoms with E-state index in [1.54, 1.807) is 0 Å². The van der Waals surface area contributed by atoms with Gasteiger partial charge in [0.05, 0.1) is 89.1 Å². The van der Waals surface area contributed by atoms with Gasteiger partial charge in [0.15, 0.2) is 0 Å². The summed E-state index contributed by atoms with van der Waals surface area (Å²) in [4.78, 5) is 0. The Hall–Kier alpha value is -10.3. The zero-order valence-electron chi connectivity index (χ0n) is 49.6. The first kappa shape index (κ1) is 71.5. The van der Waals surface area contributed by atoms with Gasteiger partial charge in [-0.15, -0.1) is 0 Å². The molecule has 0 amide bonds. The molecule has 0 unspecified atom stereocenters. The monoisotopic (exact) mass is 1470 g/mol. The van der Waals surface area contributed by atoms with Gasteiger partial charge < -0.3 is 9.13 Å². The molecule has 0 bridgehead atoms. The molecule has 10 aromatic carbocycles. The average Bonchev–Trinajstić information content (AvgIpc) is 1.57. The number of hydrogen-bond donors (Lipinski definition) is 0. The van der Waals surface area contributed by atoms with Crippen molar-refractivity contribution in [3.8, 4) is 67.0 Å². The summed E-state index contributed by atoms with van der Waals surface area (Å²) in [6, 6.07) is 13.6. The molecule has 0 radical (unpaired) electrons. The molecule has 0 spiro atoms. The molecule has 0 saturated heterocycles. The maximum absolute atomic E-state index is 16.1. The largest absolute Gasteiger partial charge is 0.416 e. The van der Waals surface area contributed by atoms with Gasteiger partial charge in [0, 0.05) is 27.1 Å². The molecule has 0 aliphatic rings. The highest BCUT2D eigenvalue weighted by molar-refractivity contribution is 6.14. The van der Waals surface area contributed by atoms with Crippen molar-refractivity contribution in [3.05, 3.63) is 238 Å². The number of hydrogen-bond acceptors (Lipinski definition) is 0. The van der Waals surface area contributed by atoms with Crippen molar-refractivity contribution >= 4 is 43.6 Å².